The van der Waals surface area contributed by atoms with Crippen molar-refractivity contribution in [2.24, 2.45) is 0 Å². The van der Waals surface area contributed by atoms with Crippen molar-refractivity contribution >= 4 is 29.3 Å². The van der Waals surface area contributed by atoms with Crippen LogP contribution in [0.15, 0.2) is 46.6 Å². The first-order valence-electron chi connectivity index (χ1n) is 6.96. The Bertz CT molecular complexity index is 734. The van der Waals surface area contributed by atoms with Gasteiger partial charge in [0.25, 0.3) is 5.22 Å². The minimum Gasteiger partial charge on any atom is -0.411 e. The summed E-state index contributed by atoms with van der Waals surface area (Å²) < 4.78 is 42.8. The minimum atomic E-state index is -4.48. The van der Waals surface area contributed by atoms with Crippen molar-refractivity contribution in [3.8, 4) is 11.5 Å². The molecule has 0 aliphatic rings. The number of halogens is 4. The second-order valence-electron chi connectivity index (χ2n) is 4.85. The summed E-state index contributed by atoms with van der Waals surface area (Å²) in [4.78, 5) is 12.6. The zero-order valence-corrected chi connectivity index (χ0v) is 14.4. The van der Waals surface area contributed by atoms with Crippen LogP contribution in [0.1, 0.15) is 0 Å². The van der Waals surface area contributed by atoms with Gasteiger partial charge in [-0.25, -0.2) is 0 Å². The van der Waals surface area contributed by atoms with E-state index >= 15 is 0 Å². The summed E-state index contributed by atoms with van der Waals surface area (Å²) in [5.74, 6) is -0.732. The van der Waals surface area contributed by atoms with E-state index in [1.807, 2.05) is 0 Å². The Balaban J connectivity index is 1.97. The second-order valence-corrected chi connectivity index (χ2v) is 6.21. The van der Waals surface area contributed by atoms with E-state index in [0.717, 1.165) is 11.8 Å². The number of amides is 1. The highest BCUT2D eigenvalue weighted by molar-refractivity contribution is 7.99. The Hall–Kier alpha value is -2.00. The maximum Gasteiger partial charge on any atom is 0.406 e. The summed E-state index contributed by atoms with van der Waals surface area (Å²) in [6, 6.07) is 6.68. The van der Waals surface area contributed by atoms with Crippen molar-refractivity contribution in [1.29, 1.82) is 0 Å². The third kappa shape index (κ3) is 6.09. The topological polar surface area (TPSA) is 59.2 Å². The summed E-state index contributed by atoms with van der Waals surface area (Å²) in [7, 11) is 0. The molecule has 5 nitrogen and oxygen atoms in total. The second kappa shape index (κ2) is 8.39. The molecule has 0 spiro atoms. The van der Waals surface area contributed by atoms with Crippen molar-refractivity contribution in [3.05, 3.63) is 41.9 Å². The molecule has 1 aromatic carbocycles. The molecule has 0 saturated carbocycles. The third-order valence-corrected chi connectivity index (χ3v) is 3.94. The van der Waals surface area contributed by atoms with Crippen molar-refractivity contribution in [3.63, 3.8) is 0 Å². The van der Waals surface area contributed by atoms with E-state index in [0.29, 0.717) is 15.5 Å². The fourth-order valence-electron chi connectivity index (χ4n) is 1.82. The first kappa shape index (κ1) is 19.3. The Morgan fingerprint density at radius 1 is 1.32 bits per heavy atom. The molecule has 2 rings (SSSR count). The molecule has 1 aromatic heterocycles. The molecule has 0 radical (unpaired) electrons. The van der Waals surface area contributed by atoms with Crippen LogP contribution >= 0.6 is 23.4 Å². The standard InChI is InChI=1S/C15H13ClF3N3O2S/c1-2-7-22(9-15(17,18)19)12(23)8-25-14-21-20-13(24-14)10-3-5-11(16)6-4-10/h2-6H,1,7-9H2. The average molecular weight is 392 g/mol. The molecule has 0 N–H and O–H groups in total. The molecule has 0 bridgehead atoms. The van der Waals surface area contributed by atoms with E-state index in [-0.39, 0.29) is 23.4 Å². The van der Waals surface area contributed by atoms with Gasteiger partial charge in [0.2, 0.25) is 11.8 Å². The van der Waals surface area contributed by atoms with Crippen molar-refractivity contribution in [2.45, 2.75) is 11.4 Å². The quantitative estimate of drug-likeness (QED) is 0.526. The van der Waals surface area contributed by atoms with Crippen molar-refractivity contribution < 1.29 is 22.4 Å². The Morgan fingerprint density at radius 2 is 2.00 bits per heavy atom. The summed E-state index contributed by atoms with van der Waals surface area (Å²) in [5.41, 5.74) is 0.639. The van der Waals surface area contributed by atoms with Crippen LogP contribution in [-0.2, 0) is 4.79 Å². The molecule has 1 heterocycles. The molecule has 2 aromatic rings. The minimum absolute atomic E-state index is 0.0869. The molecule has 1 amide bonds. The molecule has 0 aliphatic heterocycles. The zero-order valence-electron chi connectivity index (χ0n) is 12.8. The first-order chi connectivity index (χ1) is 11.8. The average Bonchev–Trinajstić information content (AvgIpc) is 3.00. The van der Waals surface area contributed by atoms with E-state index in [1.165, 1.54) is 6.08 Å². The molecule has 0 saturated heterocycles. The Kier molecular flexibility index (Phi) is 6.49. The number of hydrogen-bond acceptors (Lipinski definition) is 5. The van der Waals surface area contributed by atoms with Crippen LogP contribution in [0, 0.1) is 0 Å². The number of thioether (sulfide) groups is 1. The lowest BCUT2D eigenvalue weighted by Crippen LogP contribution is -2.40. The molecule has 0 unspecified atom stereocenters. The summed E-state index contributed by atoms with van der Waals surface area (Å²) >= 11 is 6.66. The van der Waals surface area contributed by atoms with Crippen molar-refractivity contribution in [2.75, 3.05) is 18.8 Å². The van der Waals surface area contributed by atoms with E-state index in [2.05, 4.69) is 16.8 Å². The van der Waals surface area contributed by atoms with Gasteiger partial charge in [-0.1, -0.05) is 29.4 Å². The van der Waals surface area contributed by atoms with Gasteiger partial charge in [0, 0.05) is 17.1 Å². The third-order valence-electron chi connectivity index (χ3n) is 2.89. The van der Waals surface area contributed by atoms with E-state index in [9.17, 15) is 18.0 Å². The number of rotatable bonds is 7. The normalized spacial score (nSPS) is 11.4. The van der Waals surface area contributed by atoms with Gasteiger partial charge in [-0.05, 0) is 24.3 Å². The monoisotopic (exact) mass is 391 g/mol. The summed E-state index contributed by atoms with van der Waals surface area (Å²) in [5, 5.41) is 8.24. The maximum absolute atomic E-state index is 12.5. The molecular weight excluding hydrogens is 379 g/mol. The lowest BCUT2D eigenvalue weighted by molar-refractivity contribution is -0.158. The number of benzene rings is 1. The zero-order chi connectivity index (χ0) is 18.4. The van der Waals surface area contributed by atoms with Crippen LogP contribution in [0.5, 0.6) is 0 Å². The van der Waals surface area contributed by atoms with E-state index < -0.39 is 18.6 Å². The Morgan fingerprint density at radius 3 is 2.60 bits per heavy atom. The number of carbonyl (C=O) groups is 1. The van der Waals surface area contributed by atoms with Gasteiger partial charge < -0.3 is 9.32 Å². The van der Waals surface area contributed by atoms with Gasteiger partial charge in [0.1, 0.15) is 6.54 Å². The molecule has 0 atom stereocenters. The van der Waals surface area contributed by atoms with Gasteiger partial charge in [-0.3, -0.25) is 4.79 Å². The molecule has 25 heavy (non-hydrogen) atoms. The lowest BCUT2D eigenvalue weighted by atomic mass is 10.2. The molecule has 0 fully saturated rings. The predicted octanol–water partition coefficient (Wildman–Crippen LogP) is 4.06. The molecule has 134 valence electrons. The Labute approximate surface area is 150 Å². The number of aromatic nitrogens is 2. The van der Waals surface area contributed by atoms with E-state index in [1.54, 1.807) is 24.3 Å². The fourth-order valence-corrected chi connectivity index (χ4v) is 2.61. The highest BCUT2D eigenvalue weighted by atomic mass is 35.5. The van der Waals surface area contributed by atoms with Crippen LogP contribution < -0.4 is 0 Å². The van der Waals surface area contributed by atoms with Crippen LogP contribution in [0.4, 0.5) is 13.2 Å². The van der Waals surface area contributed by atoms with Gasteiger partial charge in [0.15, 0.2) is 0 Å². The fraction of sp³-hybridized carbons (Fsp3) is 0.267. The molecule has 0 aliphatic carbocycles. The number of hydrogen-bond donors (Lipinski definition) is 0. The van der Waals surface area contributed by atoms with Crippen LogP contribution in [-0.4, -0.2) is 46.0 Å². The molecule has 10 heteroatoms. The van der Waals surface area contributed by atoms with Crippen LogP contribution in [0.2, 0.25) is 5.02 Å². The smallest absolute Gasteiger partial charge is 0.406 e. The van der Waals surface area contributed by atoms with Gasteiger partial charge in [0.05, 0.1) is 5.75 Å². The van der Waals surface area contributed by atoms with Gasteiger partial charge in [-0.2, -0.15) is 13.2 Å². The largest absolute Gasteiger partial charge is 0.411 e. The highest BCUT2D eigenvalue weighted by Gasteiger charge is 2.32. The predicted molar refractivity (Wildman–Crippen MR) is 88.3 cm³/mol. The molecular formula is C15H13ClF3N3O2S. The number of carbonyl (C=O) groups excluding carboxylic acids is 1. The van der Waals surface area contributed by atoms with Crippen molar-refractivity contribution in [1.82, 2.24) is 15.1 Å². The van der Waals surface area contributed by atoms with Crippen LogP contribution in [0.25, 0.3) is 11.5 Å². The maximum atomic E-state index is 12.5. The SMILES string of the molecule is C=CCN(CC(F)(F)F)C(=O)CSc1nnc(-c2ccc(Cl)cc2)o1. The summed E-state index contributed by atoms with van der Waals surface area (Å²) in [6.45, 7) is 1.83. The van der Waals surface area contributed by atoms with Gasteiger partial charge >= 0.3 is 6.18 Å². The number of nitrogens with zero attached hydrogens (tertiary/aromatic N) is 3. The lowest BCUT2D eigenvalue weighted by Gasteiger charge is -2.22. The first-order valence-corrected chi connectivity index (χ1v) is 8.32. The van der Waals surface area contributed by atoms with E-state index in [4.69, 9.17) is 16.0 Å². The van der Waals surface area contributed by atoms with Gasteiger partial charge in [-0.15, -0.1) is 16.8 Å². The van der Waals surface area contributed by atoms with Crippen LogP contribution in [0.3, 0.4) is 0 Å². The highest BCUT2D eigenvalue weighted by Crippen LogP contribution is 2.25. The summed E-state index contributed by atoms with van der Waals surface area (Å²) in [6.07, 6.45) is -3.24. The number of alkyl halides is 3.